The van der Waals surface area contributed by atoms with Crippen molar-refractivity contribution in [2.45, 2.75) is 32.2 Å². The number of rotatable bonds is 8. The molecule has 0 unspecified atom stereocenters. The summed E-state index contributed by atoms with van der Waals surface area (Å²) in [6.45, 7) is 9.94. The Bertz CT molecular complexity index is 1210. The van der Waals surface area contributed by atoms with Gasteiger partial charge in [0, 0.05) is 24.3 Å². The Hall–Kier alpha value is -3.22. The average molecular weight is 449 g/mol. The monoisotopic (exact) mass is 448 g/mol. The number of benzene rings is 3. The van der Waals surface area contributed by atoms with Crippen LogP contribution in [-0.2, 0) is 16.6 Å². The standard InChI is InChI=1S/C26H28N2O3S/c1-5-17-28(32(30,31)24-15-9-19(2)10-16-24)18-22-11-13-23(14-12-22)26(29)27-25-8-6-7-20(3)21(25)4/h5-16H,1,17-18H2,2-4H3,(H,27,29). The molecule has 3 aromatic rings. The van der Waals surface area contributed by atoms with E-state index in [-0.39, 0.29) is 23.9 Å². The van der Waals surface area contributed by atoms with Crippen LogP contribution >= 0.6 is 0 Å². The van der Waals surface area contributed by atoms with E-state index in [1.165, 1.54) is 4.31 Å². The smallest absolute Gasteiger partial charge is 0.255 e. The van der Waals surface area contributed by atoms with E-state index in [2.05, 4.69) is 11.9 Å². The molecule has 0 spiro atoms. The van der Waals surface area contributed by atoms with E-state index in [4.69, 9.17) is 0 Å². The van der Waals surface area contributed by atoms with Crippen LogP contribution in [0.2, 0.25) is 0 Å². The van der Waals surface area contributed by atoms with Crippen molar-refractivity contribution in [2.24, 2.45) is 0 Å². The third-order valence-electron chi connectivity index (χ3n) is 5.42. The highest BCUT2D eigenvalue weighted by atomic mass is 32.2. The first-order chi connectivity index (χ1) is 15.2. The summed E-state index contributed by atoms with van der Waals surface area (Å²) in [6.07, 6.45) is 1.57. The summed E-state index contributed by atoms with van der Waals surface area (Å²) in [5.74, 6) is -0.208. The second-order valence-corrected chi connectivity index (χ2v) is 9.74. The fourth-order valence-corrected chi connectivity index (χ4v) is 4.70. The third-order valence-corrected chi connectivity index (χ3v) is 7.25. The van der Waals surface area contributed by atoms with Gasteiger partial charge in [-0.05, 0) is 67.8 Å². The molecular formula is C26H28N2O3S. The van der Waals surface area contributed by atoms with E-state index in [9.17, 15) is 13.2 Å². The van der Waals surface area contributed by atoms with Gasteiger partial charge in [0.05, 0.1) is 4.90 Å². The molecule has 0 heterocycles. The molecule has 6 heteroatoms. The first-order valence-corrected chi connectivity index (χ1v) is 11.8. The van der Waals surface area contributed by atoms with Crippen molar-refractivity contribution in [1.82, 2.24) is 4.31 Å². The Morgan fingerprint density at radius 2 is 1.62 bits per heavy atom. The second-order valence-electron chi connectivity index (χ2n) is 7.80. The minimum Gasteiger partial charge on any atom is -0.322 e. The fourth-order valence-electron chi connectivity index (χ4n) is 3.30. The Kier molecular flexibility index (Phi) is 7.28. The number of aryl methyl sites for hydroxylation is 2. The Balaban J connectivity index is 1.76. The molecule has 0 aliphatic carbocycles. The van der Waals surface area contributed by atoms with Crippen LogP contribution in [0.4, 0.5) is 5.69 Å². The van der Waals surface area contributed by atoms with Gasteiger partial charge in [0.25, 0.3) is 5.91 Å². The van der Waals surface area contributed by atoms with Crippen LogP contribution in [0.5, 0.6) is 0 Å². The number of anilines is 1. The maximum absolute atomic E-state index is 13.1. The van der Waals surface area contributed by atoms with Gasteiger partial charge in [-0.2, -0.15) is 4.31 Å². The zero-order valence-corrected chi connectivity index (χ0v) is 19.4. The van der Waals surface area contributed by atoms with E-state index in [1.807, 2.05) is 39.0 Å². The summed E-state index contributed by atoms with van der Waals surface area (Å²) in [6, 6.07) is 19.5. The molecule has 3 aromatic carbocycles. The molecule has 0 fully saturated rings. The molecule has 5 nitrogen and oxygen atoms in total. The lowest BCUT2D eigenvalue weighted by molar-refractivity contribution is 0.102. The van der Waals surface area contributed by atoms with E-state index in [1.54, 1.807) is 54.6 Å². The lowest BCUT2D eigenvalue weighted by Gasteiger charge is -2.21. The summed E-state index contributed by atoms with van der Waals surface area (Å²) in [5, 5.41) is 2.94. The number of hydrogen-bond donors (Lipinski definition) is 1. The number of sulfonamides is 1. The normalized spacial score (nSPS) is 11.4. The molecule has 0 aliphatic heterocycles. The predicted molar refractivity (Wildman–Crippen MR) is 129 cm³/mol. The molecule has 0 bridgehead atoms. The van der Waals surface area contributed by atoms with Gasteiger partial charge in [0.15, 0.2) is 0 Å². The molecule has 0 aromatic heterocycles. The van der Waals surface area contributed by atoms with Crippen molar-refractivity contribution < 1.29 is 13.2 Å². The summed E-state index contributed by atoms with van der Waals surface area (Å²) < 4.78 is 27.6. The molecule has 0 aliphatic rings. The van der Waals surface area contributed by atoms with Crippen molar-refractivity contribution in [3.63, 3.8) is 0 Å². The highest BCUT2D eigenvalue weighted by molar-refractivity contribution is 7.89. The molecule has 3 rings (SSSR count). The maximum atomic E-state index is 13.1. The quantitative estimate of drug-likeness (QED) is 0.479. The first kappa shape index (κ1) is 23.4. The fraction of sp³-hybridized carbons (Fsp3) is 0.192. The van der Waals surface area contributed by atoms with Gasteiger partial charge in [-0.15, -0.1) is 6.58 Å². The summed E-state index contributed by atoms with van der Waals surface area (Å²) in [4.78, 5) is 12.9. The van der Waals surface area contributed by atoms with Crippen LogP contribution in [0.3, 0.4) is 0 Å². The lowest BCUT2D eigenvalue weighted by atomic mass is 10.1. The van der Waals surface area contributed by atoms with Crippen LogP contribution in [0.1, 0.15) is 32.6 Å². The third kappa shape index (κ3) is 5.33. The average Bonchev–Trinajstić information content (AvgIpc) is 2.77. The number of carbonyl (C=O) groups excluding carboxylic acids is 1. The zero-order valence-electron chi connectivity index (χ0n) is 18.6. The minimum atomic E-state index is -3.67. The first-order valence-electron chi connectivity index (χ1n) is 10.4. The van der Waals surface area contributed by atoms with Crippen molar-refractivity contribution in [2.75, 3.05) is 11.9 Å². The van der Waals surface area contributed by atoms with Crippen molar-refractivity contribution in [1.29, 1.82) is 0 Å². The molecule has 0 atom stereocenters. The van der Waals surface area contributed by atoms with Crippen LogP contribution < -0.4 is 5.32 Å². The molecule has 0 saturated heterocycles. The van der Waals surface area contributed by atoms with Crippen LogP contribution in [0.15, 0.2) is 84.3 Å². The zero-order chi connectivity index (χ0) is 23.3. The van der Waals surface area contributed by atoms with Gasteiger partial charge in [-0.25, -0.2) is 8.42 Å². The van der Waals surface area contributed by atoms with E-state index < -0.39 is 10.0 Å². The second kappa shape index (κ2) is 9.94. The molecule has 0 saturated carbocycles. The molecule has 32 heavy (non-hydrogen) atoms. The topological polar surface area (TPSA) is 66.5 Å². The number of nitrogens with one attached hydrogen (secondary N) is 1. The van der Waals surface area contributed by atoms with Gasteiger partial charge in [-0.3, -0.25) is 4.79 Å². The molecule has 166 valence electrons. The minimum absolute atomic E-state index is 0.182. The summed E-state index contributed by atoms with van der Waals surface area (Å²) >= 11 is 0. The Morgan fingerprint density at radius 1 is 0.969 bits per heavy atom. The van der Waals surface area contributed by atoms with Crippen LogP contribution in [-0.4, -0.2) is 25.2 Å². The van der Waals surface area contributed by atoms with Crippen LogP contribution in [0, 0.1) is 20.8 Å². The van der Waals surface area contributed by atoms with Crippen LogP contribution in [0.25, 0.3) is 0 Å². The van der Waals surface area contributed by atoms with E-state index in [0.29, 0.717) is 5.56 Å². The highest BCUT2D eigenvalue weighted by Gasteiger charge is 2.23. The molecule has 1 amide bonds. The van der Waals surface area contributed by atoms with Crippen molar-refractivity contribution in [3.05, 3.63) is 107 Å². The number of hydrogen-bond acceptors (Lipinski definition) is 3. The number of carbonyl (C=O) groups is 1. The van der Waals surface area contributed by atoms with E-state index in [0.717, 1.165) is 27.9 Å². The van der Waals surface area contributed by atoms with Gasteiger partial charge in [0.1, 0.15) is 0 Å². The van der Waals surface area contributed by atoms with Gasteiger partial charge in [0.2, 0.25) is 10.0 Å². The largest absolute Gasteiger partial charge is 0.322 e. The molecule has 0 radical (unpaired) electrons. The highest BCUT2D eigenvalue weighted by Crippen LogP contribution is 2.21. The number of amides is 1. The summed E-state index contributed by atoms with van der Waals surface area (Å²) in [5.41, 5.74) is 5.20. The van der Waals surface area contributed by atoms with E-state index >= 15 is 0 Å². The maximum Gasteiger partial charge on any atom is 0.255 e. The van der Waals surface area contributed by atoms with Gasteiger partial charge < -0.3 is 5.32 Å². The Labute approximate surface area is 190 Å². The van der Waals surface area contributed by atoms with Gasteiger partial charge >= 0.3 is 0 Å². The van der Waals surface area contributed by atoms with Gasteiger partial charge in [-0.1, -0.05) is 48.0 Å². The molecular weight excluding hydrogens is 420 g/mol. The SMILES string of the molecule is C=CCN(Cc1ccc(C(=O)Nc2cccc(C)c2C)cc1)S(=O)(=O)c1ccc(C)cc1. The summed E-state index contributed by atoms with van der Waals surface area (Å²) in [7, 11) is -3.67. The number of nitrogens with zero attached hydrogens (tertiary/aromatic N) is 1. The molecule has 1 N–H and O–H groups in total. The predicted octanol–water partition coefficient (Wildman–Crippen LogP) is 5.24. The van der Waals surface area contributed by atoms with Crippen molar-refractivity contribution in [3.8, 4) is 0 Å². The lowest BCUT2D eigenvalue weighted by Crippen LogP contribution is -2.30. The van der Waals surface area contributed by atoms with Crippen molar-refractivity contribution >= 4 is 21.6 Å². The Morgan fingerprint density at radius 3 is 2.25 bits per heavy atom.